The van der Waals surface area contributed by atoms with Crippen molar-refractivity contribution in [2.75, 3.05) is 25.0 Å². The standard InChI is InChI=1S/C12H20N4O/c1-4-16(8-11(17)14-3)12-10(7-13)9(2)5-6-15-12/h5-6H,4,7-8,13H2,1-3H3,(H,14,17). The van der Waals surface area contributed by atoms with E-state index in [0.29, 0.717) is 13.1 Å². The van der Waals surface area contributed by atoms with E-state index in [1.165, 1.54) is 0 Å². The van der Waals surface area contributed by atoms with E-state index in [1.807, 2.05) is 24.8 Å². The van der Waals surface area contributed by atoms with Gasteiger partial charge in [-0.3, -0.25) is 4.79 Å². The van der Waals surface area contributed by atoms with Crippen molar-refractivity contribution in [3.63, 3.8) is 0 Å². The lowest BCUT2D eigenvalue weighted by atomic mass is 10.1. The van der Waals surface area contributed by atoms with Crippen LogP contribution < -0.4 is 16.0 Å². The summed E-state index contributed by atoms with van der Waals surface area (Å²) in [5.74, 6) is 0.775. The van der Waals surface area contributed by atoms with Gasteiger partial charge in [0.1, 0.15) is 5.82 Å². The van der Waals surface area contributed by atoms with Crippen LogP contribution in [-0.2, 0) is 11.3 Å². The molecule has 1 rings (SSSR count). The van der Waals surface area contributed by atoms with E-state index < -0.39 is 0 Å². The smallest absolute Gasteiger partial charge is 0.239 e. The molecule has 0 saturated carbocycles. The molecule has 1 aromatic heterocycles. The van der Waals surface area contributed by atoms with Crippen LogP contribution in [-0.4, -0.2) is 31.0 Å². The molecule has 0 aliphatic carbocycles. The van der Waals surface area contributed by atoms with Crippen molar-refractivity contribution in [2.24, 2.45) is 5.73 Å². The number of hydrogen-bond acceptors (Lipinski definition) is 4. The molecule has 3 N–H and O–H groups in total. The van der Waals surface area contributed by atoms with Gasteiger partial charge in [0.25, 0.3) is 0 Å². The van der Waals surface area contributed by atoms with E-state index >= 15 is 0 Å². The Hall–Kier alpha value is -1.62. The molecule has 0 aromatic carbocycles. The molecule has 0 unspecified atom stereocenters. The predicted molar refractivity (Wildman–Crippen MR) is 68.8 cm³/mol. The zero-order valence-electron chi connectivity index (χ0n) is 10.7. The lowest BCUT2D eigenvalue weighted by Gasteiger charge is -2.24. The SMILES string of the molecule is CCN(CC(=O)NC)c1nccc(C)c1CN. The maximum atomic E-state index is 11.4. The number of carbonyl (C=O) groups is 1. The van der Waals surface area contributed by atoms with E-state index in [9.17, 15) is 4.79 Å². The van der Waals surface area contributed by atoms with Gasteiger partial charge in [0.2, 0.25) is 5.91 Å². The van der Waals surface area contributed by atoms with Crippen LogP contribution in [0.2, 0.25) is 0 Å². The van der Waals surface area contributed by atoms with E-state index in [2.05, 4.69) is 10.3 Å². The number of nitrogens with one attached hydrogen (secondary N) is 1. The number of anilines is 1. The molecule has 5 nitrogen and oxygen atoms in total. The molecule has 1 amide bonds. The van der Waals surface area contributed by atoms with Gasteiger partial charge in [0.05, 0.1) is 6.54 Å². The average Bonchev–Trinajstić information content (AvgIpc) is 2.35. The lowest BCUT2D eigenvalue weighted by molar-refractivity contribution is -0.119. The second-order valence-corrected chi connectivity index (χ2v) is 3.82. The third-order valence-electron chi connectivity index (χ3n) is 2.77. The van der Waals surface area contributed by atoms with Gasteiger partial charge in [-0.25, -0.2) is 4.98 Å². The number of aryl methyl sites for hydroxylation is 1. The monoisotopic (exact) mass is 236 g/mol. The molecule has 0 spiro atoms. The number of likely N-dealkylation sites (N-methyl/N-ethyl adjacent to an activating group) is 2. The van der Waals surface area contributed by atoms with Gasteiger partial charge < -0.3 is 16.0 Å². The number of rotatable bonds is 5. The van der Waals surface area contributed by atoms with Crippen LogP contribution in [0.3, 0.4) is 0 Å². The number of nitrogens with zero attached hydrogens (tertiary/aromatic N) is 2. The van der Waals surface area contributed by atoms with Crippen LogP contribution in [0.5, 0.6) is 0 Å². The topological polar surface area (TPSA) is 71.2 Å². The summed E-state index contributed by atoms with van der Waals surface area (Å²) >= 11 is 0. The molecule has 5 heteroatoms. The number of nitrogens with two attached hydrogens (primary N) is 1. The van der Waals surface area contributed by atoms with Gasteiger partial charge in [-0.15, -0.1) is 0 Å². The van der Waals surface area contributed by atoms with Crippen molar-refractivity contribution in [1.82, 2.24) is 10.3 Å². The zero-order valence-corrected chi connectivity index (χ0v) is 10.7. The maximum absolute atomic E-state index is 11.4. The van der Waals surface area contributed by atoms with E-state index in [1.54, 1.807) is 13.2 Å². The first-order chi connectivity index (χ1) is 8.13. The number of hydrogen-bond donors (Lipinski definition) is 2. The van der Waals surface area contributed by atoms with Crippen LogP contribution in [0.25, 0.3) is 0 Å². The summed E-state index contributed by atoms with van der Waals surface area (Å²) in [7, 11) is 1.63. The molecule has 1 aromatic rings. The zero-order chi connectivity index (χ0) is 12.8. The highest BCUT2D eigenvalue weighted by atomic mass is 16.1. The molecular weight excluding hydrogens is 216 g/mol. The number of pyridine rings is 1. The van der Waals surface area contributed by atoms with Gasteiger partial charge in [-0.2, -0.15) is 0 Å². The van der Waals surface area contributed by atoms with Gasteiger partial charge in [0.15, 0.2) is 0 Å². The minimum Gasteiger partial charge on any atom is -0.358 e. The summed E-state index contributed by atoms with van der Waals surface area (Å²) in [6, 6.07) is 1.93. The molecule has 1 heterocycles. The third kappa shape index (κ3) is 3.17. The van der Waals surface area contributed by atoms with Crippen molar-refractivity contribution >= 4 is 11.7 Å². The second kappa shape index (κ2) is 6.20. The van der Waals surface area contributed by atoms with Crippen molar-refractivity contribution < 1.29 is 4.79 Å². The highest BCUT2D eigenvalue weighted by Gasteiger charge is 2.14. The molecule has 17 heavy (non-hydrogen) atoms. The summed E-state index contributed by atoms with van der Waals surface area (Å²) in [6.07, 6.45) is 1.75. The van der Waals surface area contributed by atoms with E-state index in [-0.39, 0.29) is 5.91 Å². The second-order valence-electron chi connectivity index (χ2n) is 3.82. The molecule has 0 aliphatic heterocycles. The highest BCUT2D eigenvalue weighted by Crippen LogP contribution is 2.19. The lowest BCUT2D eigenvalue weighted by Crippen LogP contribution is -2.36. The Labute approximate surface area is 102 Å². The van der Waals surface area contributed by atoms with Crippen molar-refractivity contribution in [3.8, 4) is 0 Å². The Morgan fingerprint density at radius 1 is 1.59 bits per heavy atom. The Balaban J connectivity index is 3.03. The highest BCUT2D eigenvalue weighted by molar-refractivity contribution is 5.81. The molecule has 94 valence electrons. The van der Waals surface area contributed by atoms with Gasteiger partial charge in [-0.1, -0.05) is 0 Å². The number of amides is 1. The minimum atomic E-state index is -0.0295. The first-order valence-electron chi connectivity index (χ1n) is 5.74. The molecule has 0 radical (unpaired) electrons. The van der Waals surface area contributed by atoms with Crippen LogP contribution >= 0.6 is 0 Å². The first-order valence-corrected chi connectivity index (χ1v) is 5.74. The fraction of sp³-hybridized carbons (Fsp3) is 0.500. The molecule has 0 aliphatic rings. The molecule has 0 bridgehead atoms. The van der Waals surface area contributed by atoms with Crippen LogP contribution in [0, 0.1) is 6.92 Å². The summed E-state index contributed by atoms with van der Waals surface area (Å²) in [5.41, 5.74) is 7.84. The summed E-state index contributed by atoms with van der Waals surface area (Å²) in [5, 5.41) is 2.61. The van der Waals surface area contributed by atoms with Crippen molar-refractivity contribution in [1.29, 1.82) is 0 Å². The van der Waals surface area contributed by atoms with Gasteiger partial charge in [-0.05, 0) is 25.5 Å². The van der Waals surface area contributed by atoms with Gasteiger partial charge >= 0.3 is 0 Å². The van der Waals surface area contributed by atoms with Crippen molar-refractivity contribution in [2.45, 2.75) is 20.4 Å². The van der Waals surface area contributed by atoms with Crippen LogP contribution in [0.15, 0.2) is 12.3 Å². The summed E-state index contributed by atoms with van der Waals surface area (Å²) < 4.78 is 0. The fourth-order valence-electron chi connectivity index (χ4n) is 1.69. The fourth-order valence-corrected chi connectivity index (χ4v) is 1.69. The number of carbonyl (C=O) groups excluding carboxylic acids is 1. The van der Waals surface area contributed by atoms with E-state index in [0.717, 1.165) is 23.5 Å². The Bertz CT molecular complexity index is 392. The van der Waals surface area contributed by atoms with Crippen LogP contribution in [0.4, 0.5) is 5.82 Å². The van der Waals surface area contributed by atoms with Crippen LogP contribution in [0.1, 0.15) is 18.1 Å². The Morgan fingerprint density at radius 2 is 2.29 bits per heavy atom. The van der Waals surface area contributed by atoms with Crippen molar-refractivity contribution in [3.05, 3.63) is 23.4 Å². The maximum Gasteiger partial charge on any atom is 0.239 e. The largest absolute Gasteiger partial charge is 0.358 e. The minimum absolute atomic E-state index is 0.0295. The normalized spacial score (nSPS) is 10.1. The Morgan fingerprint density at radius 3 is 2.82 bits per heavy atom. The van der Waals surface area contributed by atoms with E-state index in [4.69, 9.17) is 5.73 Å². The molecular formula is C12H20N4O. The quantitative estimate of drug-likeness (QED) is 0.777. The first kappa shape index (κ1) is 13.4. The Kier molecular flexibility index (Phi) is 4.90. The van der Waals surface area contributed by atoms with Gasteiger partial charge in [0, 0.05) is 31.9 Å². The molecule has 0 atom stereocenters. The third-order valence-corrected chi connectivity index (χ3v) is 2.77. The number of aromatic nitrogens is 1. The average molecular weight is 236 g/mol. The molecule has 0 saturated heterocycles. The summed E-state index contributed by atoms with van der Waals surface area (Å²) in [4.78, 5) is 17.7. The predicted octanol–water partition coefficient (Wildman–Crippen LogP) is 0.421. The molecule has 0 fully saturated rings. The summed E-state index contributed by atoms with van der Waals surface area (Å²) in [6.45, 7) is 5.45.